The summed E-state index contributed by atoms with van der Waals surface area (Å²) in [5.74, 6) is -1.50. The van der Waals surface area contributed by atoms with Gasteiger partial charge in [-0.1, -0.05) is 0 Å². The highest BCUT2D eigenvalue weighted by Gasteiger charge is 2.11. The van der Waals surface area contributed by atoms with Crippen molar-refractivity contribution in [3.8, 4) is 0 Å². The third-order valence-electron chi connectivity index (χ3n) is 1.50. The molecule has 5 heteroatoms. The Kier molecular flexibility index (Phi) is 5.88. The van der Waals surface area contributed by atoms with Crippen molar-refractivity contribution in [2.24, 2.45) is 0 Å². The fraction of sp³-hybridized carbons (Fsp3) is 0.750. The normalized spacial score (nSPS) is 9.69. The van der Waals surface area contributed by atoms with Crippen LogP contribution in [0.4, 0.5) is 0 Å². The molecule has 0 aliphatic heterocycles. The van der Waals surface area contributed by atoms with Crippen LogP contribution in [0.1, 0.15) is 13.3 Å². The molecule has 0 spiro atoms. The number of aliphatic carboxylic acids is 1. The van der Waals surface area contributed by atoms with E-state index >= 15 is 0 Å². The molecule has 0 aromatic heterocycles. The van der Waals surface area contributed by atoms with Crippen LogP contribution in [0.15, 0.2) is 0 Å². The van der Waals surface area contributed by atoms with Gasteiger partial charge in [0.2, 0.25) is 5.91 Å². The summed E-state index contributed by atoms with van der Waals surface area (Å²) in [7, 11) is 1.56. The van der Waals surface area contributed by atoms with Gasteiger partial charge >= 0.3 is 5.97 Å². The molecule has 0 saturated carbocycles. The van der Waals surface area contributed by atoms with Crippen LogP contribution in [0.3, 0.4) is 0 Å². The van der Waals surface area contributed by atoms with Crippen LogP contribution in [-0.2, 0) is 14.3 Å². The Hall–Kier alpha value is -1.10. The minimum Gasteiger partial charge on any atom is -0.481 e. The summed E-state index contributed by atoms with van der Waals surface area (Å²) in [5, 5.41) is 8.33. The molecule has 0 aliphatic rings. The van der Waals surface area contributed by atoms with E-state index in [9.17, 15) is 9.59 Å². The van der Waals surface area contributed by atoms with Crippen LogP contribution in [0.2, 0.25) is 0 Å². The molecule has 0 bridgehead atoms. The Balaban J connectivity index is 3.63. The van der Waals surface area contributed by atoms with Gasteiger partial charge in [0.25, 0.3) is 0 Å². The molecular weight excluding hydrogens is 174 g/mol. The van der Waals surface area contributed by atoms with Crippen molar-refractivity contribution in [3.63, 3.8) is 0 Å². The molecule has 0 aromatic rings. The second kappa shape index (κ2) is 6.42. The van der Waals surface area contributed by atoms with Crippen molar-refractivity contribution in [1.29, 1.82) is 0 Å². The van der Waals surface area contributed by atoms with Crippen LogP contribution in [0, 0.1) is 0 Å². The van der Waals surface area contributed by atoms with Crippen molar-refractivity contribution in [1.82, 2.24) is 4.90 Å². The number of amides is 1. The number of hydrogen-bond acceptors (Lipinski definition) is 3. The van der Waals surface area contributed by atoms with E-state index in [1.807, 2.05) is 6.92 Å². The summed E-state index contributed by atoms with van der Waals surface area (Å²) >= 11 is 0. The average Bonchev–Trinajstić information content (AvgIpc) is 2.03. The third-order valence-corrected chi connectivity index (χ3v) is 1.50. The van der Waals surface area contributed by atoms with Crippen LogP contribution in [-0.4, -0.2) is 48.7 Å². The highest BCUT2D eigenvalue weighted by Crippen LogP contribution is 1.90. The van der Waals surface area contributed by atoms with Gasteiger partial charge in [0, 0.05) is 20.2 Å². The topological polar surface area (TPSA) is 66.8 Å². The minimum absolute atomic E-state index is 0.396. The Labute approximate surface area is 77.3 Å². The predicted molar refractivity (Wildman–Crippen MR) is 46.4 cm³/mol. The average molecular weight is 189 g/mol. The smallest absolute Gasteiger partial charge is 0.312 e. The van der Waals surface area contributed by atoms with Crippen LogP contribution in [0.25, 0.3) is 0 Å². The SMILES string of the molecule is CCOCCN(C)C(=O)CC(=O)O. The number of carboxylic acids is 1. The summed E-state index contributed by atoms with van der Waals surface area (Å²) < 4.78 is 5.02. The van der Waals surface area contributed by atoms with Crippen molar-refractivity contribution in [2.75, 3.05) is 26.8 Å². The second-order valence-electron chi connectivity index (χ2n) is 2.58. The lowest BCUT2D eigenvalue weighted by molar-refractivity contribution is -0.143. The van der Waals surface area contributed by atoms with E-state index in [4.69, 9.17) is 9.84 Å². The number of nitrogens with zero attached hydrogens (tertiary/aromatic N) is 1. The number of hydrogen-bond donors (Lipinski definition) is 1. The maximum absolute atomic E-state index is 11.0. The summed E-state index contributed by atoms with van der Waals surface area (Å²) in [4.78, 5) is 22.6. The first-order valence-corrected chi connectivity index (χ1v) is 4.11. The molecule has 0 heterocycles. The molecule has 0 aromatic carbocycles. The molecule has 13 heavy (non-hydrogen) atoms. The van der Waals surface area contributed by atoms with Crippen molar-refractivity contribution < 1.29 is 19.4 Å². The van der Waals surface area contributed by atoms with Crippen molar-refractivity contribution >= 4 is 11.9 Å². The van der Waals surface area contributed by atoms with Crippen LogP contribution >= 0.6 is 0 Å². The molecule has 5 nitrogen and oxygen atoms in total. The number of carbonyl (C=O) groups is 2. The summed E-state index contributed by atoms with van der Waals surface area (Å²) in [6.07, 6.45) is -0.456. The number of rotatable bonds is 6. The minimum atomic E-state index is -1.10. The lowest BCUT2D eigenvalue weighted by atomic mass is 10.4. The Morgan fingerprint density at radius 2 is 2.08 bits per heavy atom. The van der Waals surface area contributed by atoms with Gasteiger partial charge in [-0.15, -0.1) is 0 Å². The lowest BCUT2D eigenvalue weighted by Crippen LogP contribution is -2.31. The zero-order chi connectivity index (χ0) is 10.3. The Bertz CT molecular complexity index is 181. The molecule has 0 saturated heterocycles. The first-order valence-electron chi connectivity index (χ1n) is 4.11. The number of ether oxygens (including phenoxy) is 1. The van der Waals surface area contributed by atoms with Crippen LogP contribution < -0.4 is 0 Å². The van der Waals surface area contributed by atoms with E-state index in [-0.39, 0.29) is 0 Å². The van der Waals surface area contributed by atoms with Gasteiger partial charge in [-0.3, -0.25) is 9.59 Å². The molecule has 0 unspecified atom stereocenters. The standard InChI is InChI=1S/C8H15NO4/c1-3-13-5-4-9(2)7(10)6-8(11)12/h3-6H2,1-2H3,(H,11,12). The molecular formula is C8H15NO4. The van der Waals surface area contributed by atoms with Crippen molar-refractivity contribution in [3.05, 3.63) is 0 Å². The van der Waals surface area contributed by atoms with Gasteiger partial charge in [0.15, 0.2) is 0 Å². The van der Waals surface area contributed by atoms with E-state index in [1.54, 1.807) is 7.05 Å². The molecule has 0 radical (unpaired) electrons. The predicted octanol–water partition coefficient (Wildman–Crippen LogP) is -0.0440. The lowest BCUT2D eigenvalue weighted by Gasteiger charge is -2.15. The van der Waals surface area contributed by atoms with E-state index in [2.05, 4.69) is 0 Å². The van der Waals surface area contributed by atoms with Gasteiger partial charge in [0.1, 0.15) is 6.42 Å². The molecule has 1 amide bonds. The zero-order valence-electron chi connectivity index (χ0n) is 7.95. The Morgan fingerprint density at radius 1 is 1.46 bits per heavy atom. The number of carboxylic acid groups (broad SMARTS) is 1. The highest BCUT2D eigenvalue weighted by molar-refractivity contribution is 5.93. The van der Waals surface area contributed by atoms with E-state index in [1.165, 1.54) is 4.90 Å². The molecule has 0 fully saturated rings. The maximum atomic E-state index is 11.0. The van der Waals surface area contributed by atoms with Gasteiger partial charge in [-0.2, -0.15) is 0 Å². The van der Waals surface area contributed by atoms with Gasteiger partial charge in [0.05, 0.1) is 6.61 Å². The van der Waals surface area contributed by atoms with E-state index in [0.717, 1.165) is 0 Å². The van der Waals surface area contributed by atoms with Crippen LogP contribution in [0.5, 0.6) is 0 Å². The molecule has 0 atom stereocenters. The number of carbonyl (C=O) groups excluding carboxylic acids is 1. The maximum Gasteiger partial charge on any atom is 0.312 e. The Morgan fingerprint density at radius 3 is 2.54 bits per heavy atom. The van der Waals surface area contributed by atoms with E-state index < -0.39 is 18.3 Å². The summed E-state index contributed by atoms with van der Waals surface area (Å²) in [6, 6.07) is 0. The molecule has 1 N–H and O–H groups in total. The molecule has 0 aliphatic carbocycles. The fourth-order valence-corrected chi connectivity index (χ4v) is 0.735. The third kappa shape index (κ3) is 6.10. The van der Waals surface area contributed by atoms with E-state index in [0.29, 0.717) is 19.8 Å². The fourth-order valence-electron chi connectivity index (χ4n) is 0.735. The first-order chi connectivity index (χ1) is 6.07. The first kappa shape index (κ1) is 11.9. The van der Waals surface area contributed by atoms with Gasteiger partial charge in [-0.05, 0) is 6.92 Å². The quantitative estimate of drug-likeness (QED) is 0.470. The summed E-state index contributed by atoms with van der Waals surface area (Å²) in [5.41, 5.74) is 0. The monoisotopic (exact) mass is 189 g/mol. The molecule has 76 valence electrons. The second-order valence-corrected chi connectivity index (χ2v) is 2.58. The highest BCUT2D eigenvalue weighted by atomic mass is 16.5. The van der Waals surface area contributed by atoms with Gasteiger partial charge < -0.3 is 14.7 Å². The number of likely N-dealkylation sites (N-methyl/N-ethyl adjacent to an activating group) is 1. The van der Waals surface area contributed by atoms with Gasteiger partial charge in [-0.25, -0.2) is 0 Å². The largest absolute Gasteiger partial charge is 0.481 e. The van der Waals surface area contributed by atoms with Crippen molar-refractivity contribution in [2.45, 2.75) is 13.3 Å². The summed E-state index contributed by atoms with van der Waals surface area (Å²) in [6.45, 7) is 3.33. The zero-order valence-corrected chi connectivity index (χ0v) is 7.95. The molecule has 0 rings (SSSR count).